The Labute approximate surface area is 85.9 Å². The zero-order valence-electron chi connectivity index (χ0n) is 8.01. The summed E-state index contributed by atoms with van der Waals surface area (Å²) in [4.78, 5) is 10.5. The van der Waals surface area contributed by atoms with Crippen molar-refractivity contribution in [2.45, 2.75) is 39.0 Å². The maximum absolute atomic E-state index is 10.5. The van der Waals surface area contributed by atoms with Crippen LogP contribution in [0.15, 0.2) is 0 Å². The molecule has 0 aromatic rings. The molecular weight excluding hydrogens is 147 g/mol. The maximum Gasteiger partial charge on any atom is 1.00 e. The van der Waals surface area contributed by atoms with Gasteiger partial charge in [-0.2, -0.15) is 0 Å². The largest absolute Gasteiger partial charge is 1.00 e. The molecule has 0 spiro atoms. The molecule has 1 atom stereocenters. The fraction of sp³-hybridized carbons (Fsp3) is 0.889. The van der Waals surface area contributed by atoms with Crippen molar-refractivity contribution in [1.29, 1.82) is 0 Å². The van der Waals surface area contributed by atoms with Gasteiger partial charge < -0.3 is 9.90 Å². The van der Waals surface area contributed by atoms with Gasteiger partial charge >= 0.3 is 18.9 Å². The Morgan fingerprint density at radius 2 is 1.83 bits per heavy atom. The molecule has 0 aromatic heterocycles. The van der Waals surface area contributed by atoms with Crippen molar-refractivity contribution in [1.82, 2.24) is 0 Å². The number of hydrogen-bond acceptors (Lipinski definition) is 2. The summed E-state index contributed by atoms with van der Waals surface area (Å²) in [5.74, 6) is -0.735. The standard InChI is InChI=1S/C9H16O2.Li/c1-7(9(10)11)8-5-3-2-4-6-8;/h7-8H,2-6H2,1H3,(H,10,11);/q;+1/p-1. The van der Waals surface area contributed by atoms with Crippen molar-refractivity contribution in [2.75, 3.05) is 0 Å². The van der Waals surface area contributed by atoms with E-state index in [0.717, 1.165) is 12.8 Å². The number of carboxylic acids is 1. The maximum atomic E-state index is 10.5. The molecular formula is C9H15LiO2. The molecule has 1 fully saturated rings. The first-order chi connectivity index (χ1) is 5.22. The predicted molar refractivity (Wildman–Crippen MR) is 40.7 cm³/mol. The van der Waals surface area contributed by atoms with E-state index in [9.17, 15) is 9.90 Å². The summed E-state index contributed by atoms with van der Waals surface area (Å²) in [6.07, 6.45) is 5.82. The third kappa shape index (κ3) is 3.21. The van der Waals surface area contributed by atoms with Gasteiger partial charge in [-0.1, -0.05) is 26.2 Å². The van der Waals surface area contributed by atoms with E-state index in [1.54, 1.807) is 6.92 Å². The van der Waals surface area contributed by atoms with Crippen LogP contribution in [0.2, 0.25) is 0 Å². The first kappa shape index (κ1) is 12.1. The van der Waals surface area contributed by atoms with Crippen LogP contribution in [0.5, 0.6) is 0 Å². The quantitative estimate of drug-likeness (QED) is 0.439. The number of carbonyl (C=O) groups excluding carboxylic acids is 1. The predicted octanol–water partition coefficient (Wildman–Crippen LogP) is -2.04. The minimum absolute atomic E-state index is 0. The second-order valence-electron chi connectivity index (χ2n) is 3.51. The van der Waals surface area contributed by atoms with Crippen LogP contribution in [0, 0.1) is 11.8 Å². The van der Waals surface area contributed by atoms with E-state index in [1.807, 2.05) is 0 Å². The second kappa shape index (κ2) is 5.67. The molecule has 1 saturated carbocycles. The van der Waals surface area contributed by atoms with Crippen molar-refractivity contribution >= 4 is 5.97 Å². The fourth-order valence-electron chi connectivity index (χ4n) is 1.83. The Kier molecular flexibility index (Phi) is 5.70. The fourth-order valence-corrected chi connectivity index (χ4v) is 1.83. The minimum Gasteiger partial charge on any atom is -0.550 e. The number of hydrogen-bond donors (Lipinski definition) is 0. The van der Waals surface area contributed by atoms with Crippen LogP contribution >= 0.6 is 0 Å². The van der Waals surface area contributed by atoms with Crippen LogP contribution in [0.3, 0.4) is 0 Å². The third-order valence-electron chi connectivity index (χ3n) is 2.73. The van der Waals surface area contributed by atoms with Crippen LogP contribution in [0.4, 0.5) is 0 Å². The monoisotopic (exact) mass is 162 g/mol. The molecule has 1 rings (SSSR count). The van der Waals surface area contributed by atoms with Gasteiger partial charge in [0, 0.05) is 5.97 Å². The molecule has 12 heavy (non-hydrogen) atoms. The summed E-state index contributed by atoms with van der Waals surface area (Å²) in [6, 6.07) is 0. The molecule has 0 N–H and O–H groups in total. The van der Waals surface area contributed by atoms with Gasteiger partial charge in [0.1, 0.15) is 0 Å². The van der Waals surface area contributed by atoms with E-state index < -0.39 is 5.97 Å². The molecule has 64 valence electrons. The molecule has 0 bridgehead atoms. The Morgan fingerprint density at radius 1 is 1.33 bits per heavy atom. The van der Waals surface area contributed by atoms with Gasteiger partial charge in [-0.3, -0.25) is 0 Å². The summed E-state index contributed by atoms with van der Waals surface area (Å²) in [7, 11) is 0. The zero-order chi connectivity index (χ0) is 8.27. The summed E-state index contributed by atoms with van der Waals surface area (Å²) in [6.45, 7) is 1.77. The third-order valence-corrected chi connectivity index (χ3v) is 2.73. The van der Waals surface area contributed by atoms with Gasteiger partial charge in [-0.05, 0) is 24.7 Å². The first-order valence-electron chi connectivity index (χ1n) is 4.42. The van der Waals surface area contributed by atoms with Crippen LogP contribution in [0.1, 0.15) is 39.0 Å². The van der Waals surface area contributed by atoms with Crippen molar-refractivity contribution in [3.05, 3.63) is 0 Å². The van der Waals surface area contributed by atoms with E-state index in [4.69, 9.17) is 0 Å². The van der Waals surface area contributed by atoms with E-state index >= 15 is 0 Å². The molecule has 1 aliphatic rings. The summed E-state index contributed by atoms with van der Waals surface area (Å²) >= 11 is 0. The van der Waals surface area contributed by atoms with Gasteiger partial charge in [-0.25, -0.2) is 0 Å². The van der Waals surface area contributed by atoms with Crippen molar-refractivity contribution in [3.63, 3.8) is 0 Å². The van der Waals surface area contributed by atoms with Gasteiger partial charge in [0.05, 0.1) is 0 Å². The van der Waals surface area contributed by atoms with E-state index in [0.29, 0.717) is 5.92 Å². The summed E-state index contributed by atoms with van der Waals surface area (Å²) < 4.78 is 0. The number of rotatable bonds is 2. The zero-order valence-corrected chi connectivity index (χ0v) is 8.01. The Balaban J connectivity index is 0.00000121. The Morgan fingerprint density at radius 3 is 2.25 bits per heavy atom. The molecule has 1 aliphatic carbocycles. The molecule has 0 heterocycles. The van der Waals surface area contributed by atoms with E-state index in [-0.39, 0.29) is 24.8 Å². The Hall–Kier alpha value is 0.0674. The normalized spacial score (nSPS) is 21.1. The number of carbonyl (C=O) groups is 1. The average Bonchev–Trinajstić information content (AvgIpc) is 2.05. The van der Waals surface area contributed by atoms with Crippen molar-refractivity contribution < 1.29 is 28.8 Å². The molecule has 2 nitrogen and oxygen atoms in total. The van der Waals surface area contributed by atoms with Gasteiger partial charge in [0.2, 0.25) is 0 Å². The summed E-state index contributed by atoms with van der Waals surface area (Å²) in [5.41, 5.74) is 0. The average molecular weight is 162 g/mol. The smallest absolute Gasteiger partial charge is 0.550 e. The van der Waals surface area contributed by atoms with Crippen molar-refractivity contribution in [3.8, 4) is 0 Å². The molecule has 0 aromatic carbocycles. The van der Waals surface area contributed by atoms with Crippen molar-refractivity contribution in [2.24, 2.45) is 11.8 Å². The SMILES string of the molecule is CC(C(=O)[O-])C1CCCCC1.[Li+]. The molecule has 0 radical (unpaired) electrons. The van der Waals surface area contributed by atoms with Gasteiger partial charge in [0.15, 0.2) is 0 Å². The molecule has 1 unspecified atom stereocenters. The minimum atomic E-state index is -0.878. The van der Waals surface area contributed by atoms with E-state index in [1.165, 1.54) is 19.3 Å². The van der Waals surface area contributed by atoms with Crippen LogP contribution in [-0.2, 0) is 4.79 Å². The van der Waals surface area contributed by atoms with Crippen LogP contribution in [0.25, 0.3) is 0 Å². The molecule has 0 aliphatic heterocycles. The summed E-state index contributed by atoms with van der Waals surface area (Å²) in [5, 5.41) is 10.5. The topological polar surface area (TPSA) is 40.1 Å². The number of aliphatic carboxylic acids is 1. The first-order valence-corrected chi connectivity index (χ1v) is 4.42. The van der Waals surface area contributed by atoms with Gasteiger partial charge in [-0.15, -0.1) is 0 Å². The van der Waals surface area contributed by atoms with Crippen LogP contribution in [-0.4, -0.2) is 5.97 Å². The second-order valence-corrected chi connectivity index (χ2v) is 3.51. The van der Waals surface area contributed by atoms with E-state index in [2.05, 4.69) is 0 Å². The molecule has 0 amide bonds. The number of carboxylic acid groups (broad SMARTS) is 1. The molecule has 3 heteroatoms. The Bertz CT molecular complexity index is 141. The molecule has 0 saturated heterocycles. The van der Waals surface area contributed by atoms with Gasteiger partial charge in [0.25, 0.3) is 0 Å². The van der Waals surface area contributed by atoms with Crippen LogP contribution < -0.4 is 24.0 Å².